The number of amides is 2. The van der Waals surface area contributed by atoms with Crippen LogP contribution in [0.5, 0.6) is 0 Å². The van der Waals surface area contributed by atoms with Crippen molar-refractivity contribution in [1.29, 1.82) is 0 Å². The molecule has 0 fully saturated rings. The minimum Gasteiger partial charge on any atom is -0.366 e. The summed E-state index contributed by atoms with van der Waals surface area (Å²) in [4.78, 5) is 23.3. The van der Waals surface area contributed by atoms with E-state index in [2.05, 4.69) is 31.4 Å². The first-order chi connectivity index (χ1) is 9.08. The highest BCUT2D eigenvalue weighted by molar-refractivity contribution is 9.10. The number of halogens is 1. The third kappa shape index (κ3) is 3.14. The third-order valence-corrected chi connectivity index (χ3v) is 2.83. The molecule has 96 valence electrons. The van der Waals surface area contributed by atoms with Gasteiger partial charge in [-0.25, -0.2) is 0 Å². The average molecular weight is 321 g/mol. The van der Waals surface area contributed by atoms with E-state index in [4.69, 9.17) is 5.73 Å². The van der Waals surface area contributed by atoms with Crippen LogP contribution < -0.4 is 11.1 Å². The largest absolute Gasteiger partial charge is 0.366 e. The molecule has 0 aliphatic rings. The van der Waals surface area contributed by atoms with Crippen molar-refractivity contribution < 1.29 is 9.59 Å². The molecular weight excluding hydrogens is 312 g/mol. The normalized spacial score (nSPS) is 9.95. The quantitative estimate of drug-likeness (QED) is 0.897. The average Bonchev–Trinajstić information content (AvgIpc) is 2.41. The van der Waals surface area contributed by atoms with Crippen LogP contribution in [-0.4, -0.2) is 22.0 Å². The summed E-state index contributed by atoms with van der Waals surface area (Å²) in [6.45, 7) is 0. The number of benzene rings is 1. The number of hydrogen-bond acceptors (Lipinski definition) is 4. The fourth-order valence-corrected chi connectivity index (χ4v) is 1.81. The molecule has 0 atom stereocenters. The molecule has 0 saturated heterocycles. The SMILES string of the molecule is NC(=O)c1cc(Br)ccc1NC(=O)c1ccnnc1. The van der Waals surface area contributed by atoms with Gasteiger partial charge in [0.2, 0.25) is 0 Å². The van der Waals surface area contributed by atoms with Gasteiger partial charge in [-0.3, -0.25) is 9.59 Å². The summed E-state index contributed by atoms with van der Waals surface area (Å²) < 4.78 is 0.699. The van der Waals surface area contributed by atoms with Crippen LogP contribution in [0.15, 0.2) is 41.1 Å². The zero-order valence-electron chi connectivity index (χ0n) is 9.63. The molecule has 6 nitrogen and oxygen atoms in total. The molecule has 0 radical (unpaired) electrons. The van der Waals surface area contributed by atoms with Crippen molar-refractivity contribution in [3.63, 3.8) is 0 Å². The Balaban J connectivity index is 2.29. The van der Waals surface area contributed by atoms with Gasteiger partial charge >= 0.3 is 0 Å². The summed E-state index contributed by atoms with van der Waals surface area (Å²) in [6.07, 6.45) is 2.74. The van der Waals surface area contributed by atoms with E-state index in [9.17, 15) is 9.59 Å². The van der Waals surface area contributed by atoms with Gasteiger partial charge in [-0.15, -0.1) is 0 Å². The fourth-order valence-electron chi connectivity index (χ4n) is 1.45. The standard InChI is InChI=1S/C12H9BrN4O2/c13-8-1-2-10(9(5-8)11(14)18)17-12(19)7-3-4-15-16-6-7/h1-6H,(H2,14,18)(H,17,19). The number of hydrogen-bond donors (Lipinski definition) is 2. The Labute approximate surface area is 117 Å². The van der Waals surface area contributed by atoms with Crippen molar-refractivity contribution in [2.75, 3.05) is 5.32 Å². The molecule has 1 heterocycles. The topological polar surface area (TPSA) is 98.0 Å². The van der Waals surface area contributed by atoms with E-state index in [1.165, 1.54) is 18.5 Å². The highest BCUT2D eigenvalue weighted by Gasteiger charge is 2.12. The van der Waals surface area contributed by atoms with Crippen molar-refractivity contribution in [1.82, 2.24) is 10.2 Å². The second kappa shape index (κ2) is 5.57. The zero-order chi connectivity index (χ0) is 13.8. The second-order valence-electron chi connectivity index (χ2n) is 3.64. The van der Waals surface area contributed by atoms with Gasteiger partial charge in [0.15, 0.2) is 0 Å². The second-order valence-corrected chi connectivity index (χ2v) is 4.56. The van der Waals surface area contributed by atoms with Gasteiger partial charge in [0, 0.05) is 4.47 Å². The first-order valence-corrected chi connectivity index (χ1v) is 6.04. The Morgan fingerprint density at radius 2 is 2.00 bits per heavy atom. The lowest BCUT2D eigenvalue weighted by molar-refractivity contribution is 0.100. The highest BCUT2D eigenvalue weighted by atomic mass is 79.9. The predicted molar refractivity (Wildman–Crippen MR) is 72.6 cm³/mol. The number of carbonyl (C=O) groups excluding carboxylic acids is 2. The summed E-state index contributed by atoms with van der Waals surface area (Å²) in [5.41, 5.74) is 6.18. The van der Waals surface area contributed by atoms with Gasteiger partial charge in [0.25, 0.3) is 11.8 Å². The first-order valence-electron chi connectivity index (χ1n) is 5.25. The fraction of sp³-hybridized carbons (Fsp3) is 0. The molecule has 1 aromatic carbocycles. The molecule has 3 N–H and O–H groups in total. The molecule has 2 rings (SSSR count). The lowest BCUT2D eigenvalue weighted by atomic mass is 10.1. The third-order valence-electron chi connectivity index (χ3n) is 2.34. The lowest BCUT2D eigenvalue weighted by Crippen LogP contribution is -2.18. The summed E-state index contributed by atoms with van der Waals surface area (Å²) in [6, 6.07) is 6.36. The first kappa shape index (κ1) is 13.2. The monoisotopic (exact) mass is 320 g/mol. The van der Waals surface area contributed by atoms with E-state index in [0.717, 1.165) is 0 Å². The Kier molecular flexibility index (Phi) is 3.86. The minimum absolute atomic E-state index is 0.227. The number of anilines is 1. The van der Waals surface area contributed by atoms with Gasteiger partial charge in [0.05, 0.1) is 29.2 Å². The lowest BCUT2D eigenvalue weighted by Gasteiger charge is -2.09. The predicted octanol–water partition coefficient (Wildman–Crippen LogP) is 1.59. The van der Waals surface area contributed by atoms with Crippen molar-refractivity contribution in [3.05, 3.63) is 52.3 Å². The Hall–Kier alpha value is -2.28. The van der Waals surface area contributed by atoms with E-state index >= 15 is 0 Å². The van der Waals surface area contributed by atoms with Crippen LogP contribution in [0.25, 0.3) is 0 Å². The molecule has 0 bridgehead atoms. The van der Waals surface area contributed by atoms with Gasteiger partial charge in [0.1, 0.15) is 0 Å². The Bertz CT molecular complexity index is 631. The van der Waals surface area contributed by atoms with Crippen LogP contribution in [0.2, 0.25) is 0 Å². The van der Waals surface area contributed by atoms with Crippen LogP contribution in [-0.2, 0) is 0 Å². The summed E-state index contributed by atoms with van der Waals surface area (Å²) in [5.74, 6) is -1.01. The van der Waals surface area contributed by atoms with Gasteiger partial charge in [-0.2, -0.15) is 10.2 Å². The van der Waals surface area contributed by atoms with E-state index in [1.807, 2.05) is 0 Å². The van der Waals surface area contributed by atoms with Crippen LogP contribution in [0.4, 0.5) is 5.69 Å². The molecule has 0 spiro atoms. The maximum atomic E-state index is 11.9. The van der Waals surface area contributed by atoms with Gasteiger partial charge in [-0.1, -0.05) is 15.9 Å². The molecule has 19 heavy (non-hydrogen) atoms. The van der Waals surface area contributed by atoms with Gasteiger partial charge < -0.3 is 11.1 Å². The van der Waals surface area contributed by atoms with E-state index in [1.54, 1.807) is 18.2 Å². The number of nitrogens with one attached hydrogen (secondary N) is 1. The molecule has 0 aliphatic heterocycles. The van der Waals surface area contributed by atoms with Crippen molar-refractivity contribution in [2.24, 2.45) is 5.73 Å². The summed E-state index contributed by atoms with van der Waals surface area (Å²) in [5, 5.41) is 9.80. The molecule has 7 heteroatoms. The number of aromatic nitrogens is 2. The van der Waals surface area contributed by atoms with Gasteiger partial charge in [-0.05, 0) is 24.3 Å². The zero-order valence-corrected chi connectivity index (χ0v) is 11.2. The highest BCUT2D eigenvalue weighted by Crippen LogP contribution is 2.21. The Morgan fingerprint density at radius 3 is 2.63 bits per heavy atom. The maximum Gasteiger partial charge on any atom is 0.257 e. The number of rotatable bonds is 3. The molecule has 2 aromatic rings. The van der Waals surface area contributed by atoms with Crippen LogP contribution >= 0.6 is 15.9 Å². The van der Waals surface area contributed by atoms with Crippen LogP contribution in [0, 0.1) is 0 Å². The number of nitrogens with two attached hydrogens (primary N) is 1. The molecule has 0 saturated carbocycles. The van der Waals surface area contributed by atoms with E-state index in [0.29, 0.717) is 15.7 Å². The van der Waals surface area contributed by atoms with Crippen molar-refractivity contribution >= 4 is 33.4 Å². The maximum absolute atomic E-state index is 11.9. The molecule has 0 aliphatic carbocycles. The van der Waals surface area contributed by atoms with E-state index in [-0.39, 0.29) is 11.5 Å². The Morgan fingerprint density at radius 1 is 1.21 bits per heavy atom. The smallest absolute Gasteiger partial charge is 0.257 e. The van der Waals surface area contributed by atoms with Crippen LogP contribution in [0.1, 0.15) is 20.7 Å². The molecule has 2 amide bonds. The molecule has 1 aromatic heterocycles. The number of primary amides is 1. The summed E-state index contributed by atoms with van der Waals surface area (Å²) in [7, 11) is 0. The number of nitrogens with zero attached hydrogens (tertiary/aromatic N) is 2. The van der Waals surface area contributed by atoms with Crippen molar-refractivity contribution in [3.8, 4) is 0 Å². The van der Waals surface area contributed by atoms with Crippen molar-refractivity contribution in [2.45, 2.75) is 0 Å². The summed E-state index contributed by atoms with van der Waals surface area (Å²) >= 11 is 3.24. The van der Waals surface area contributed by atoms with Crippen LogP contribution in [0.3, 0.4) is 0 Å². The minimum atomic E-state index is -0.621. The number of carbonyl (C=O) groups is 2. The molecule has 0 unspecified atom stereocenters. The van der Waals surface area contributed by atoms with E-state index < -0.39 is 5.91 Å². The molecular formula is C12H9BrN4O2.